The molecule has 6 heteroatoms. The molecule has 0 aromatic heterocycles. The van der Waals surface area contributed by atoms with Crippen molar-refractivity contribution in [1.29, 1.82) is 0 Å². The predicted octanol–water partition coefficient (Wildman–Crippen LogP) is 18.8. The number of ether oxygens (including phenoxy) is 3. The molecule has 0 fully saturated rings. The Morgan fingerprint density at radius 1 is 0.318 bits per heavy atom. The summed E-state index contributed by atoms with van der Waals surface area (Å²) in [5.74, 6) is -0.939. The average Bonchev–Trinajstić information content (AvgIpc) is 3.31. The van der Waals surface area contributed by atoms with Crippen LogP contribution in [0.1, 0.15) is 284 Å². The van der Waals surface area contributed by atoms with Gasteiger partial charge in [0.25, 0.3) is 0 Å². The number of hydrogen-bond donors (Lipinski definition) is 0. The van der Waals surface area contributed by atoms with E-state index in [1.165, 1.54) is 161 Å². The van der Waals surface area contributed by atoms with Crippen LogP contribution in [0.4, 0.5) is 0 Å². The van der Waals surface area contributed by atoms with Crippen molar-refractivity contribution in [3.8, 4) is 0 Å². The van der Waals surface area contributed by atoms with Crippen molar-refractivity contribution in [2.24, 2.45) is 0 Å². The number of rotatable bonds is 51. The van der Waals surface area contributed by atoms with E-state index in [0.717, 1.165) is 77.0 Å². The zero-order valence-electron chi connectivity index (χ0n) is 43.7. The zero-order chi connectivity index (χ0) is 47.9. The van der Waals surface area contributed by atoms with E-state index in [1.807, 2.05) is 0 Å². The number of carbonyl (C=O) groups excluding carboxylic acids is 3. The monoisotopic (exact) mass is 923 g/mol. The molecule has 0 aliphatic rings. The van der Waals surface area contributed by atoms with Crippen molar-refractivity contribution < 1.29 is 28.6 Å². The van der Waals surface area contributed by atoms with Gasteiger partial charge < -0.3 is 14.2 Å². The summed E-state index contributed by atoms with van der Waals surface area (Å²) in [5, 5.41) is 0. The van der Waals surface area contributed by atoms with Crippen molar-refractivity contribution in [3.05, 3.63) is 60.8 Å². The first-order valence-electron chi connectivity index (χ1n) is 28.3. The maximum absolute atomic E-state index is 12.8. The molecule has 66 heavy (non-hydrogen) atoms. The highest BCUT2D eigenvalue weighted by Gasteiger charge is 2.19. The van der Waals surface area contributed by atoms with Crippen LogP contribution in [0.25, 0.3) is 0 Å². The third-order valence-electron chi connectivity index (χ3n) is 12.3. The van der Waals surface area contributed by atoms with Gasteiger partial charge in [0.05, 0.1) is 0 Å². The molecule has 0 amide bonds. The first-order valence-corrected chi connectivity index (χ1v) is 28.3. The molecule has 0 N–H and O–H groups in total. The van der Waals surface area contributed by atoms with Gasteiger partial charge in [0.2, 0.25) is 0 Å². The molecule has 0 radical (unpaired) electrons. The lowest BCUT2D eigenvalue weighted by molar-refractivity contribution is -0.167. The third kappa shape index (κ3) is 52.1. The van der Waals surface area contributed by atoms with Crippen LogP contribution in [0.15, 0.2) is 60.8 Å². The maximum Gasteiger partial charge on any atom is 0.306 e. The van der Waals surface area contributed by atoms with Crippen molar-refractivity contribution >= 4 is 17.9 Å². The Hall–Kier alpha value is -2.89. The molecule has 1 unspecified atom stereocenters. The van der Waals surface area contributed by atoms with Gasteiger partial charge in [0.1, 0.15) is 13.2 Å². The molecule has 0 aliphatic carbocycles. The van der Waals surface area contributed by atoms with Gasteiger partial charge in [-0.05, 0) is 57.8 Å². The van der Waals surface area contributed by atoms with Crippen LogP contribution < -0.4 is 0 Å². The van der Waals surface area contributed by atoms with Crippen LogP contribution in [0, 0.1) is 0 Å². The van der Waals surface area contributed by atoms with Gasteiger partial charge in [-0.3, -0.25) is 14.4 Å². The normalized spacial score (nSPS) is 12.5. The first kappa shape index (κ1) is 63.1. The summed E-state index contributed by atoms with van der Waals surface area (Å²) in [6, 6.07) is 0. The fourth-order valence-corrected chi connectivity index (χ4v) is 8.07. The molecule has 0 rings (SSSR count). The Bertz CT molecular complexity index is 1200. The average molecular weight is 924 g/mol. The van der Waals surface area contributed by atoms with E-state index < -0.39 is 6.10 Å². The summed E-state index contributed by atoms with van der Waals surface area (Å²) >= 11 is 0. The predicted molar refractivity (Wildman–Crippen MR) is 284 cm³/mol. The fourth-order valence-electron chi connectivity index (χ4n) is 8.07. The van der Waals surface area contributed by atoms with E-state index in [0.29, 0.717) is 19.3 Å². The van der Waals surface area contributed by atoms with Crippen LogP contribution in [0.2, 0.25) is 0 Å². The highest BCUT2D eigenvalue weighted by molar-refractivity contribution is 5.71. The van der Waals surface area contributed by atoms with Crippen molar-refractivity contribution in [2.45, 2.75) is 290 Å². The maximum atomic E-state index is 12.8. The number of hydrogen-bond acceptors (Lipinski definition) is 6. The molecule has 0 saturated heterocycles. The van der Waals surface area contributed by atoms with Gasteiger partial charge in [-0.2, -0.15) is 0 Å². The second kappa shape index (κ2) is 54.7. The van der Waals surface area contributed by atoms with Crippen molar-refractivity contribution in [3.63, 3.8) is 0 Å². The van der Waals surface area contributed by atoms with Crippen LogP contribution >= 0.6 is 0 Å². The van der Waals surface area contributed by atoms with E-state index >= 15 is 0 Å². The second-order valence-electron chi connectivity index (χ2n) is 18.8. The van der Waals surface area contributed by atoms with Gasteiger partial charge in [0, 0.05) is 19.3 Å². The van der Waals surface area contributed by atoms with Crippen LogP contribution in [-0.4, -0.2) is 37.2 Å². The molecule has 0 heterocycles. The Labute approximate surface area is 409 Å². The quantitative estimate of drug-likeness (QED) is 0.0262. The molecule has 0 aromatic carbocycles. The lowest BCUT2D eigenvalue weighted by Gasteiger charge is -2.18. The molecule has 0 aromatic rings. The Kier molecular flexibility index (Phi) is 52.3. The third-order valence-corrected chi connectivity index (χ3v) is 12.3. The summed E-state index contributed by atoms with van der Waals surface area (Å²) < 4.78 is 16.8. The summed E-state index contributed by atoms with van der Waals surface area (Å²) in [4.78, 5) is 38.1. The van der Waals surface area contributed by atoms with Crippen molar-refractivity contribution in [2.75, 3.05) is 13.2 Å². The fraction of sp³-hybridized carbons (Fsp3) is 0.783. The number of allylic oxidation sites excluding steroid dienone is 10. The molecular weight excluding hydrogens is 817 g/mol. The lowest BCUT2D eigenvalue weighted by atomic mass is 10.0. The molecule has 382 valence electrons. The largest absolute Gasteiger partial charge is 0.462 e. The molecule has 0 bridgehead atoms. The molecular formula is C60H106O6. The molecule has 0 aliphatic heterocycles. The lowest BCUT2D eigenvalue weighted by Crippen LogP contribution is -2.30. The van der Waals surface area contributed by atoms with E-state index in [-0.39, 0.29) is 37.5 Å². The van der Waals surface area contributed by atoms with Gasteiger partial charge >= 0.3 is 17.9 Å². The molecule has 0 saturated carbocycles. The van der Waals surface area contributed by atoms with Gasteiger partial charge in [-0.1, -0.05) is 268 Å². The highest BCUT2D eigenvalue weighted by atomic mass is 16.6. The standard InChI is InChI=1S/C60H106O6/c1-4-7-10-13-16-19-22-25-27-29-31-32-35-38-41-44-47-50-53-59(62)65-56-57(55-64-58(61)52-49-46-43-40-37-34-24-21-18-15-12-9-6-3)66-60(63)54-51-48-45-42-39-36-33-30-28-26-23-20-17-14-11-8-5-2/h8,11,17,20,26,28,33,36,42,45,57H,4-7,9-10,12-16,18-19,21-25,27,29-32,34-35,37-41,43-44,46-56H2,1-3H3/b11-8-,20-17-,28-26-,36-33-,45-42-. The Morgan fingerprint density at radius 2 is 0.591 bits per heavy atom. The van der Waals surface area contributed by atoms with E-state index in [9.17, 15) is 14.4 Å². The summed E-state index contributed by atoms with van der Waals surface area (Å²) in [6.45, 7) is 6.51. The summed E-state index contributed by atoms with van der Waals surface area (Å²) in [6.07, 6.45) is 67.9. The van der Waals surface area contributed by atoms with Gasteiger partial charge in [-0.25, -0.2) is 0 Å². The number of unbranched alkanes of at least 4 members (excludes halogenated alkanes) is 30. The molecule has 0 spiro atoms. The minimum Gasteiger partial charge on any atom is -0.462 e. The topological polar surface area (TPSA) is 78.9 Å². The molecule has 1 atom stereocenters. The number of esters is 3. The minimum atomic E-state index is -0.800. The summed E-state index contributed by atoms with van der Waals surface area (Å²) in [5.41, 5.74) is 0. The SMILES string of the molecule is CC/C=C\C/C=C\C/C=C\C/C=C\C/C=C\CCCC(=O)OC(COC(=O)CCCCCCCCCCCCCCC)COC(=O)CCCCCCCCCCCCCCCCCCCC. The summed E-state index contributed by atoms with van der Waals surface area (Å²) in [7, 11) is 0. The number of carbonyl (C=O) groups is 3. The minimum absolute atomic E-state index is 0.0928. The van der Waals surface area contributed by atoms with Crippen LogP contribution in [0.3, 0.4) is 0 Å². The first-order chi connectivity index (χ1) is 32.5. The van der Waals surface area contributed by atoms with E-state index in [4.69, 9.17) is 14.2 Å². The zero-order valence-corrected chi connectivity index (χ0v) is 43.7. The highest BCUT2D eigenvalue weighted by Crippen LogP contribution is 2.16. The van der Waals surface area contributed by atoms with E-state index in [1.54, 1.807) is 0 Å². The van der Waals surface area contributed by atoms with Crippen molar-refractivity contribution in [1.82, 2.24) is 0 Å². The van der Waals surface area contributed by atoms with E-state index in [2.05, 4.69) is 81.5 Å². The Morgan fingerprint density at radius 3 is 0.909 bits per heavy atom. The van der Waals surface area contributed by atoms with Crippen LogP contribution in [-0.2, 0) is 28.6 Å². The smallest absolute Gasteiger partial charge is 0.306 e. The second-order valence-corrected chi connectivity index (χ2v) is 18.8. The Balaban J connectivity index is 4.42. The molecule has 6 nitrogen and oxygen atoms in total. The van der Waals surface area contributed by atoms with Gasteiger partial charge in [0.15, 0.2) is 6.10 Å². The van der Waals surface area contributed by atoms with Gasteiger partial charge in [-0.15, -0.1) is 0 Å². The van der Waals surface area contributed by atoms with Crippen LogP contribution in [0.5, 0.6) is 0 Å².